The molecule has 0 aliphatic carbocycles. The molecule has 134 valence electrons. The Morgan fingerprint density at radius 3 is 2.81 bits per heavy atom. The summed E-state index contributed by atoms with van der Waals surface area (Å²) in [6, 6.07) is 12.2. The molecule has 0 atom stereocenters. The number of carbonyl (C=O) groups excluding carboxylic acids is 1. The molecular formula is C19H21N5OS. The molecule has 0 saturated carbocycles. The highest BCUT2D eigenvalue weighted by Gasteiger charge is 2.24. The van der Waals surface area contributed by atoms with Gasteiger partial charge in [-0.05, 0) is 30.2 Å². The minimum Gasteiger partial charge on any atom is -0.354 e. The Kier molecular flexibility index (Phi) is 4.55. The molecule has 0 radical (unpaired) electrons. The molecule has 7 heteroatoms. The van der Waals surface area contributed by atoms with E-state index in [1.165, 1.54) is 23.0 Å². The van der Waals surface area contributed by atoms with Crippen molar-refractivity contribution in [2.45, 2.75) is 18.0 Å². The fourth-order valence-electron chi connectivity index (χ4n) is 3.27. The van der Waals surface area contributed by atoms with Gasteiger partial charge in [0.05, 0.1) is 5.75 Å². The van der Waals surface area contributed by atoms with Crippen molar-refractivity contribution >= 4 is 23.4 Å². The number of anilines is 1. The van der Waals surface area contributed by atoms with E-state index in [0.29, 0.717) is 5.75 Å². The summed E-state index contributed by atoms with van der Waals surface area (Å²) in [5, 5.41) is 9.33. The molecule has 0 saturated heterocycles. The number of thioether (sulfide) groups is 1. The second kappa shape index (κ2) is 6.99. The minimum atomic E-state index is 0.118. The fraction of sp³-hybridized carbons (Fsp3) is 0.316. The molecular weight excluding hydrogens is 346 g/mol. The number of amides is 1. The van der Waals surface area contributed by atoms with Crippen LogP contribution in [0.3, 0.4) is 0 Å². The zero-order valence-corrected chi connectivity index (χ0v) is 15.7. The largest absolute Gasteiger partial charge is 0.354 e. The number of hydrogen-bond donors (Lipinski definition) is 0. The van der Waals surface area contributed by atoms with Crippen molar-refractivity contribution in [2.24, 2.45) is 14.1 Å². The van der Waals surface area contributed by atoms with Crippen molar-refractivity contribution < 1.29 is 4.79 Å². The number of benzene rings is 1. The maximum atomic E-state index is 12.6. The Balaban J connectivity index is 1.41. The summed E-state index contributed by atoms with van der Waals surface area (Å²) < 4.78 is 4.05. The molecule has 26 heavy (non-hydrogen) atoms. The van der Waals surface area contributed by atoms with E-state index in [9.17, 15) is 4.79 Å². The highest BCUT2D eigenvalue weighted by molar-refractivity contribution is 7.99. The van der Waals surface area contributed by atoms with Crippen molar-refractivity contribution in [3.05, 3.63) is 59.7 Å². The third-order valence-corrected chi connectivity index (χ3v) is 5.83. The van der Waals surface area contributed by atoms with Gasteiger partial charge in [0.1, 0.15) is 5.82 Å². The predicted octanol–water partition coefficient (Wildman–Crippen LogP) is 2.43. The lowest BCUT2D eigenvalue weighted by molar-refractivity contribution is -0.116. The van der Waals surface area contributed by atoms with E-state index in [1.807, 2.05) is 54.0 Å². The number of aryl methyl sites for hydroxylation is 1. The predicted molar refractivity (Wildman–Crippen MR) is 102 cm³/mol. The standard InChI is InChI=1S/C19H21N5OS/c1-22-10-5-7-15(22)12-17-20-21-19(23(17)2)26-13-18(25)24-11-9-14-6-3-4-8-16(14)24/h3-8,10H,9,11-13H2,1-2H3. The third kappa shape index (κ3) is 3.14. The lowest BCUT2D eigenvalue weighted by atomic mass is 10.2. The molecule has 1 aromatic carbocycles. The van der Waals surface area contributed by atoms with Gasteiger partial charge in [-0.15, -0.1) is 10.2 Å². The molecule has 0 fully saturated rings. The molecule has 1 aliphatic rings. The van der Waals surface area contributed by atoms with Crippen molar-refractivity contribution in [2.75, 3.05) is 17.2 Å². The molecule has 1 amide bonds. The van der Waals surface area contributed by atoms with Crippen molar-refractivity contribution in [3.8, 4) is 0 Å². The summed E-state index contributed by atoms with van der Waals surface area (Å²) in [6.45, 7) is 0.760. The van der Waals surface area contributed by atoms with Gasteiger partial charge in [-0.2, -0.15) is 0 Å². The Labute approximate surface area is 156 Å². The Hall–Kier alpha value is -2.54. The number of carbonyl (C=O) groups is 1. The lowest BCUT2D eigenvalue weighted by Crippen LogP contribution is -2.30. The normalized spacial score (nSPS) is 13.2. The summed E-state index contributed by atoms with van der Waals surface area (Å²) in [5.74, 6) is 1.38. The van der Waals surface area contributed by atoms with Gasteiger partial charge in [-0.25, -0.2) is 0 Å². The summed E-state index contributed by atoms with van der Waals surface area (Å²) in [7, 11) is 3.98. The molecule has 4 rings (SSSR count). The van der Waals surface area contributed by atoms with E-state index in [0.717, 1.165) is 36.1 Å². The third-order valence-electron chi connectivity index (χ3n) is 4.83. The number of aromatic nitrogens is 4. The van der Waals surface area contributed by atoms with E-state index in [-0.39, 0.29) is 5.91 Å². The highest BCUT2D eigenvalue weighted by atomic mass is 32.2. The summed E-state index contributed by atoms with van der Waals surface area (Å²) in [4.78, 5) is 14.5. The van der Waals surface area contributed by atoms with Gasteiger partial charge in [0.15, 0.2) is 5.16 Å². The van der Waals surface area contributed by atoms with E-state index in [1.54, 1.807) is 0 Å². The SMILES string of the molecule is Cn1cccc1Cc1nnc(SCC(=O)N2CCc3ccccc32)n1C. The van der Waals surface area contributed by atoms with Crippen LogP contribution in [0.4, 0.5) is 5.69 Å². The first-order chi connectivity index (χ1) is 12.6. The molecule has 0 spiro atoms. The van der Waals surface area contributed by atoms with Crippen LogP contribution in [0.2, 0.25) is 0 Å². The van der Waals surface area contributed by atoms with Crippen LogP contribution in [0.25, 0.3) is 0 Å². The van der Waals surface area contributed by atoms with Crippen molar-refractivity contribution in [1.82, 2.24) is 19.3 Å². The average molecular weight is 367 g/mol. The zero-order chi connectivity index (χ0) is 18.1. The molecule has 3 heterocycles. The van der Waals surface area contributed by atoms with E-state index in [4.69, 9.17) is 0 Å². The summed E-state index contributed by atoms with van der Waals surface area (Å²) in [6.07, 6.45) is 3.67. The number of hydrogen-bond acceptors (Lipinski definition) is 4. The molecule has 0 unspecified atom stereocenters. The van der Waals surface area contributed by atoms with Crippen LogP contribution in [0.15, 0.2) is 47.8 Å². The quantitative estimate of drug-likeness (QED) is 0.650. The maximum absolute atomic E-state index is 12.6. The Morgan fingerprint density at radius 2 is 2.00 bits per heavy atom. The molecule has 3 aromatic rings. The maximum Gasteiger partial charge on any atom is 0.237 e. The first-order valence-corrected chi connectivity index (χ1v) is 9.61. The van der Waals surface area contributed by atoms with Gasteiger partial charge in [-0.1, -0.05) is 30.0 Å². The smallest absolute Gasteiger partial charge is 0.237 e. The second-order valence-corrected chi connectivity index (χ2v) is 7.40. The summed E-state index contributed by atoms with van der Waals surface area (Å²) >= 11 is 1.45. The van der Waals surface area contributed by atoms with Gasteiger partial charge < -0.3 is 14.0 Å². The fourth-order valence-corrected chi connectivity index (χ4v) is 4.07. The molecule has 0 N–H and O–H groups in total. The van der Waals surface area contributed by atoms with E-state index in [2.05, 4.69) is 26.9 Å². The molecule has 0 bridgehead atoms. The van der Waals surface area contributed by atoms with Gasteiger partial charge in [-0.3, -0.25) is 4.79 Å². The van der Waals surface area contributed by atoms with Crippen LogP contribution >= 0.6 is 11.8 Å². The monoisotopic (exact) mass is 367 g/mol. The number of rotatable bonds is 5. The lowest BCUT2D eigenvalue weighted by Gasteiger charge is -2.16. The van der Waals surface area contributed by atoms with E-state index >= 15 is 0 Å². The number of para-hydroxylation sites is 1. The van der Waals surface area contributed by atoms with Crippen LogP contribution in [-0.4, -0.2) is 37.5 Å². The topological polar surface area (TPSA) is 56.0 Å². The van der Waals surface area contributed by atoms with Crippen molar-refractivity contribution in [1.29, 1.82) is 0 Å². The van der Waals surface area contributed by atoms with Gasteiger partial charge >= 0.3 is 0 Å². The summed E-state index contributed by atoms with van der Waals surface area (Å²) in [5.41, 5.74) is 3.47. The number of nitrogens with zero attached hydrogens (tertiary/aromatic N) is 5. The average Bonchev–Trinajstić information content (AvgIpc) is 3.34. The number of fused-ring (bicyclic) bond motifs is 1. The Bertz CT molecular complexity index is 945. The second-order valence-electron chi connectivity index (χ2n) is 6.46. The van der Waals surface area contributed by atoms with Gasteiger partial charge in [0.25, 0.3) is 0 Å². The van der Waals surface area contributed by atoms with Crippen LogP contribution in [0, 0.1) is 0 Å². The van der Waals surface area contributed by atoms with E-state index < -0.39 is 0 Å². The zero-order valence-electron chi connectivity index (χ0n) is 14.9. The van der Waals surface area contributed by atoms with Crippen LogP contribution in [-0.2, 0) is 31.7 Å². The first-order valence-electron chi connectivity index (χ1n) is 8.63. The van der Waals surface area contributed by atoms with Gasteiger partial charge in [0, 0.05) is 44.6 Å². The first kappa shape index (κ1) is 16.9. The van der Waals surface area contributed by atoms with Crippen molar-refractivity contribution in [3.63, 3.8) is 0 Å². The van der Waals surface area contributed by atoms with Crippen LogP contribution < -0.4 is 4.90 Å². The molecule has 1 aliphatic heterocycles. The minimum absolute atomic E-state index is 0.118. The van der Waals surface area contributed by atoms with Crippen LogP contribution in [0.1, 0.15) is 17.1 Å². The highest BCUT2D eigenvalue weighted by Crippen LogP contribution is 2.28. The van der Waals surface area contributed by atoms with Gasteiger partial charge in [0.2, 0.25) is 5.91 Å². The Morgan fingerprint density at radius 1 is 1.15 bits per heavy atom. The van der Waals surface area contributed by atoms with Crippen LogP contribution in [0.5, 0.6) is 0 Å². The molecule has 2 aromatic heterocycles. The molecule has 6 nitrogen and oxygen atoms in total.